The molecule has 4 rings (SSSR count). The van der Waals surface area contributed by atoms with E-state index in [1.54, 1.807) is 49.7 Å². The van der Waals surface area contributed by atoms with Crippen LogP contribution in [0.25, 0.3) is 6.08 Å². The fourth-order valence-corrected chi connectivity index (χ4v) is 4.38. The monoisotopic (exact) mass is 534 g/mol. The first-order valence-electron chi connectivity index (χ1n) is 11.7. The molecule has 0 N–H and O–H groups in total. The number of nitro groups is 1. The number of benzene rings is 2. The molecule has 196 valence electrons. The highest BCUT2D eigenvalue weighted by Gasteiger charge is 2.34. The Morgan fingerprint density at radius 3 is 2.68 bits per heavy atom. The maximum Gasteiger partial charge on any atom is 0.270 e. The number of amides is 1. The van der Waals surface area contributed by atoms with Crippen molar-refractivity contribution >= 4 is 40.8 Å². The number of ether oxygens (including phenoxy) is 2. The van der Waals surface area contributed by atoms with Crippen molar-refractivity contribution in [1.29, 1.82) is 0 Å². The Kier molecular flexibility index (Phi) is 8.59. The molecule has 0 spiro atoms. The third-order valence-corrected chi connectivity index (χ3v) is 6.27. The zero-order valence-electron chi connectivity index (χ0n) is 21.1. The van der Waals surface area contributed by atoms with Crippen molar-refractivity contribution in [3.05, 3.63) is 92.8 Å². The molecule has 0 unspecified atom stereocenters. The summed E-state index contributed by atoms with van der Waals surface area (Å²) in [6, 6.07) is 15.0. The van der Waals surface area contributed by atoms with E-state index < -0.39 is 4.92 Å². The van der Waals surface area contributed by atoms with Gasteiger partial charge < -0.3 is 13.9 Å². The lowest BCUT2D eigenvalue weighted by Gasteiger charge is -2.13. The molecule has 1 aliphatic heterocycles. The van der Waals surface area contributed by atoms with Crippen molar-refractivity contribution in [3.63, 3.8) is 0 Å². The molecule has 2 heterocycles. The largest absolute Gasteiger partial charge is 0.493 e. The zero-order chi connectivity index (χ0) is 27.1. The molecule has 1 aromatic heterocycles. The Morgan fingerprint density at radius 2 is 1.97 bits per heavy atom. The number of hydrogen-bond acceptors (Lipinski definition) is 9. The first kappa shape index (κ1) is 26.7. The van der Waals surface area contributed by atoms with Crippen molar-refractivity contribution in [2.24, 2.45) is 16.1 Å². The average molecular weight is 535 g/mol. The van der Waals surface area contributed by atoms with Crippen LogP contribution in [0, 0.1) is 16.0 Å². The van der Waals surface area contributed by atoms with Crippen molar-refractivity contribution < 1.29 is 23.6 Å². The van der Waals surface area contributed by atoms with Gasteiger partial charge in [-0.05, 0) is 65.2 Å². The summed E-state index contributed by atoms with van der Waals surface area (Å²) in [6.45, 7) is 4.87. The van der Waals surface area contributed by atoms with Gasteiger partial charge in [0.25, 0.3) is 11.6 Å². The SMILES string of the molecule is COc1cc(/C=N/N=C2\S/C(=C\c3cccc([N+](=O)[O-])c3)C(=O)N2Cc2ccco2)ccc1OCC(C)C. The van der Waals surface area contributed by atoms with E-state index in [1.165, 1.54) is 23.3 Å². The van der Waals surface area contributed by atoms with Gasteiger partial charge in [-0.15, -0.1) is 5.10 Å². The smallest absolute Gasteiger partial charge is 0.270 e. The van der Waals surface area contributed by atoms with Gasteiger partial charge in [0.1, 0.15) is 5.76 Å². The summed E-state index contributed by atoms with van der Waals surface area (Å²) in [7, 11) is 1.57. The number of carbonyl (C=O) groups is 1. The second-order valence-corrected chi connectivity index (χ2v) is 9.68. The number of nitrogens with zero attached hydrogens (tertiary/aromatic N) is 4. The fraction of sp³-hybridized carbons (Fsp3) is 0.222. The Bertz CT molecular complexity index is 1400. The van der Waals surface area contributed by atoms with Crippen LogP contribution in [-0.2, 0) is 11.3 Å². The van der Waals surface area contributed by atoms with E-state index in [2.05, 4.69) is 24.1 Å². The molecule has 2 aromatic carbocycles. The molecule has 38 heavy (non-hydrogen) atoms. The molecule has 0 aliphatic carbocycles. The zero-order valence-corrected chi connectivity index (χ0v) is 21.9. The van der Waals surface area contributed by atoms with Crippen LogP contribution in [0.5, 0.6) is 11.5 Å². The lowest BCUT2D eigenvalue weighted by Crippen LogP contribution is -2.28. The molecule has 10 nitrogen and oxygen atoms in total. The van der Waals surface area contributed by atoms with E-state index in [-0.39, 0.29) is 18.1 Å². The van der Waals surface area contributed by atoms with E-state index in [0.29, 0.717) is 45.4 Å². The van der Waals surface area contributed by atoms with Crippen LogP contribution in [0.2, 0.25) is 0 Å². The standard InChI is InChI=1S/C27H26N4O6S/c1-18(2)17-37-23-10-9-20(13-24(23)35-3)15-28-29-27-30(16-22-8-5-11-36-22)26(32)25(38-27)14-19-6-4-7-21(12-19)31(33)34/h4-15,18H,16-17H2,1-3H3/b25-14-,28-15+,29-27-. The van der Waals surface area contributed by atoms with Gasteiger partial charge in [-0.3, -0.25) is 19.8 Å². The first-order valence-corrected chi connectivity index (χ1v) is 12.6. The van der Waals surface area contributed by atoms with Gasteiger partial charge in [0.2, 0.25) is 0 Å². The quantitative estimate of drug-likeness (QED) is 0.141. The van der Waals surface area contributed by atoms with E-state index >= 15 is 0 Å². The third-order valence-electron chi connectivity index (χ3n) is 5.27. The Morgan fingerprint density at radius 1 is 1.13 bits per heavy atom. The van der Waals surface area contributed by atoms with Gasteiger partial charge in [-0.1, -0.05) is 26.0 Å². The summed E-state index contributed by atoms with van der Waals surface area (Å²) < 4.78 is 16.6. The van der Waals surface area contributed by atoms with Crippen LogP contribution in [0.3, 0.4) is 0 Å². The lowest BCUT2D eigenvalue weighted by molar-refractivity contribution is -0.384. The van der Waals surface area contributed by atoms with Crippen molar-refractivity contribution in [1.82, 2.24) is 4.90 Å². The minimum absolute atomic E-state index is 0.0585. The molecule has 1 saturated heterocycles. The molecule has 1 aliphatic rings. The molecule has 3 aromatic rings. The summed E-state index contributed by atoms with van der Waals surface area (Å²) in [6.07, 6.45) is 4.68. The van der Waals surface area contributed by atoms with E-state index in [9.17, 15) is 14.9 Å². The van der Waals surface area contributed by atoms with E-state index in [4.69, 9.17) is 13.9 Å². The summed E-state index contributed by atoms with van der Waals surface area (Å²) in [5.41, 5.74) is 1.21. The molecule has 0 atom stereocenters. The maximum atomic E-state index is 13.2. The predicted octanol–water partition coefficient (Wildman–Crippen LogP) is 5.74. The van der Waals surface area contributed by atoms with E-state index in [1.807, 2.05) is 12.1 Å². The molecular formula is C27H26N4O6S. The molecular weight excluding hydrogens is 508 g/mol. The summed E-state index contributed by atoms with van der Waals surface area (Å²) >= 11 is 1.13. The maximum absolute atomic E-state index is 13.2. The molecule has 0 radical (unpaired) electrons. The highest BCUT2D eigenvalue weighted by atomic mass is 32.2. The number of thioether (sulfide) groups is 1. The minimum atomic E-state index is -0.478. The number of non-ortho nitro benzene ring substituents is 1. The third kappa shape index (κ3) is 6.68. The Hall–Kier alpha value is -4.38. The molecule has 0 bridgehead atoms. The fourth-order valence-electron chi connectivity index (χ4n) is 3.45. The van der Waals surface area contributed by atoms with Gasteiger partial charge in [-0.25, -0.2) is 0 Å². The van der Waals surface area contributed by atoms with Crippen molar-refractivity contribution in [3.8, 4) is 11.5 Å². The normalized spacial score (nSPS) is 15.8. The molecule has 1 fully saturated rings. The topological polar surface area (TPSA) is 120 Å². The number of nitro benzene ring substituents is 1. The number of rotatable bonds is 10. The van der Waals surface area contributed by atoms with Crippen molar-refractivity contribution in [2.75, 3.05) is 13.7 Å². The average Bonchev–Trinajstić information content (AvgIpc) is 3.52. The first-order chi connectivity index (χ1) is 18.3. The number of furan rings is 1. The number of amidine groups is 1. The number of methoxy groups -OCH3 is 1. The predicted molar refractivity (Wildman–Crippen MR) is 146 cm³/mol. The van der Waals surface area contributed by atoms with Gasteiger partial charge in [0.15, 0.2) is 16.7 Å². The van der Waals surface area contributed by atoms with Crippen LogP contribution in [0.1, 0.15) is 30.7 Å². The van der Waals surface area contributed by atoms with Gasteiger partial charge >= 0.3 is 0 Å². The van der Waals surface area contributed by atoms with Crippen LogP contribution in [-0.4, -0.2) is 40.8 Å². The van der Waals surface area contributed by atoms with Crippen LogP contribution >= 0.6 is 11.8 Å². The van der Waals surface area contributed by atoms with Gasteiger partial charge in [0.05, 0.1) is 42.6 Å². The van der Waals surface area contributed by atoms with E-state index in [0.717, 1.165) is 17.3 Å². The number of carbonyl (C=O) groups excluding carboxylic acids is 1. The van der Waals surface area contributed by atoms with Crippen LogP contribution in [0.15, 0.2) is 80.4 Å². The summed E-state index contributed by atoms with van der Waals surface area (Å²) in [4.78, 5) is 25.7. The lowest BCUT2D eigenvalue weighted by atomic mass is 10.2. The summed E-state index contributed by atoms with van der Waals surface area (Å²) in [5.74, 6) is 1.87. The minimum Gasteiger partial charge on any atom is -0.493 e. The number of hydrogen-bond donors (Lipinski definition) is 0. The summed E-state index contributed by atoms with van der Waals surface area (Å²) in [5, 5.41) is 20.0. The van der Waals surface area contributed by atoms with Gasteiger partial charge in [-0.2, -0.15) is 5.10 Å². The van der Waals surface area contributed by atoms with Crippen molar-refractivity contribution in [2.45, 2.75) is 20.4 Å². The van der Waals surface area contributed by atoms with Crippen LogP contribution in [0.4, 0.5) is 5.69 Å². The molecule has 1 amide bonds. The second kappa shape index (κ2) is 12.2. The highest BCUT2D eigenvalue weighted by molar-refractivity contribution is 8.18. The van der Waals surface area contributed by atoms with Crippen LogP contribution < -0.4 is 9.47 Å². The van der Waals surface area contributed by atoms with Gasteiger partial charge in [0, 0.05) is 12.1 Å². The highest BCUT2D eigenvalue weighted by Crippen LogP contribution is 2.34. The Balaban J connectivity index is 1.58. The molecule has 11 heteroatoms. The second-order valence-electron chi connectivity index (χ2n) is 8.68. The Labute approximate surface area is 223 Å². The molecule has 0 saturated carbocycles.